The molecule has 1 aliphatic rings. The first-order chi connectivity index (χ1) is 9.42. The van der Waals surface area contributed by atoms with Crippen LogP contribution in [0.15, 0.2) is 22.7 Å². The normalized spacial score (nSPS) is 20.6. The maximum atomic E-state index is 12.4. The smallest absolute Gasteiger partial charge is 0.301 e. The van der Waals surface area contributed by atoms with E-state index in [1.807, 2.05) is 0 Å². The molecule has 0 radical (unpaired) electrons. The average Bonchev–Trinajstić information content (AvgIpc) is 2.41. The first-order valence-corrected chi connectivity index (χ1v) is 8.77. The minimum Gasteiger partial charge on any atom is -0.497 e. The van der Waals surface area contributed by atoms with Crippen LogP contribution in [0.25, 0.3) is 0 Å². The fourth-order valence-corrected chi connectivity index (χ4v) is 4.15. The molecule has 1 aromatic rings. The van der Waals surface area contributed by atoms with Crippen LogP contribution in [0.5, 0.6) is 5.75 Å². The summed E-state index contributed by atoms with van der Waals surface area (Å²) >= 11 is 3.35. The number of nitrogens with zero attached hydrogens (tertiary/aromatic N) is 1. The number of anilines is 1. The first-order valence-electron chi connectivity index (χ1n) is 6.54. The van der Waals surface area contributed by atoms with Gasteiger partial charge in [0, 0.05) is 23.6 Å². The van der Waals surface area contributed by atoms with E-state index < -0.39 is 10.2 Å². The minimum atomic E-state index is -3.52. The van der Waals surface area contributed by atoms with E-state index in [4.69, 9.17) is 4.74 Å². The highest BCUT2D eigenvalue weighted by Gasteiger charge is 2.27. The molecule has 1 saturated heterocycles. The molecule has 0 bridgehead atoms. The fourth-order valence-electron chi connectivity index (χ4n) is 2.28. The third-order valence-corrected chi connectivity index (χ3v) is 5.55. The van der Waals surface area contributed by atoms with E-state index in [1.165, 1.54) is 4.31 Å². The van der Waals surface area contributed by atoms with Crippen LogP contribution in [0, 0.1) is 5.92 Å². The van der Waals surface area contributed by atoms with Gasteiger partial charge in [0.05, 0.1) is 12.8 Å². The summed E-state index contributed by atoms with van der Waals surface area (Å²) in [5.74, 6) is 1.01. The number of hydrogen-bond acceptors (Lipinski definition) is 3. The van der Waals surface area contributed by atoms with Crippen molar-refractivity contribution in [1.82, 2.24) is 4.31 Å². The van der Waals surface area contributed by atoms with Crippen molar-refractivity contribution < 1.29 is 13.2 Å². The summed E-state index contributed by atoms with van der Waals surface area (Å²) < 4.78 is 34.7. The molecule has 1 fully saturated rings. The summed E-state index contributed by atoms with van der Waals surface area (Å²) in [7, 11) is -1.97. The van der Waals surface area contributed by atoms with Crippen LogP contribution >= 0.6 is 15.9 Å². The van der Waals surface area contributed by atoms with Crippen LogP contribution in [0.2, 0.25) is 0 Å². The Hall–Kier alpha value is -0.790. The first kappa shape index (κ1) is 15.6. The van der Waals surface area contributed by atoms with Crippen molar-refractivity contribution in [3.8, 4) is 5.75 Å². The molecule has 20 heavy (non-hydrogen) atoms. The maximum Gasteiger partial charge on any atom is 0.301 e. The van der Waals surface area contributed by atoms with Crippen LogP contribution in [-0.2, 0) is 10.2 Å². The van der Waals surface area contributed by atoms with Gasteiger partial charge in [0.25, 0.3) is 0 Å². The van der Waals surface area contributed by atoms with Gasteiger partial charge in [-0.2, -0.15) is 12.7 Å². The quantitative estimate of drug-likeness (QED) is 0.895. The lowest BCUT2D eigenvalue weighted by molar-refractivity contribution is 0.282. The highest BCUT2D eigenvalue weighted by atomic mass is 79.9. The third kappa shape index (κ3) is 3.65. The van der Waals surface area contributed by atoms with E-state index in [0.29, 0.717) is 34.9 Å². The van der Waals surface area contributed by atoms with Gasteiger partial charge in [0.1, 0.15) is 5.75 Å². The van der Waals surface area contributed by atoms with Crippen molar-refractivity contribution in [3.05, 3.63) is 22.7 Å². The number of rotatable bonds is 4. The molecular formula is C13H19BrN2O3S. The van der Waals surface area contributed by atoms with E-state index in [9.17, 15) is 8.42 Å². The predicted octanol–water partition coefficient (Wildman–Crippen LogP) is 2.85. The van der Waals surface area contributed by atoms with Gasteiger partial charge in [0.2, 0.25) is 0 Å². The number of methoxy groups -OCH3 is 1. The zero-order valence-corrected chi connectivity index (χ0v) is 14.0. The van der Waals surface area contributed by atoms with E-state index in [2.05, 4.69) is 27.6 Å². The van der Waals surface area contributed by atoms with Crippen LogP contribution in [-0.4, -0.2) is 32.9 Å². The van der Waals surface area contributed by atoms with Gasteiger partial charge in [-0.15, -0.1) is 0 Å². The Morgan fingerprint density at radius 3 is 2.85 bits per heavy atom. The number of halogens is 1. The molecule has 1 atom stereocenters. The molecule has 0 saturated carbocycles. The van der Waals surface area contributed by atoms with Gasteiger partial charge in [-0.05, 0) is 46.8 Å². The van der Waals surface area contributed by atoms with E-state index >= 15 is 0 Å². The largest absolute Gasteiger partial charge is 0.497 e. The predicted molar refractivity (Wildman–Crippen MR) is 83.2 cm³/mol. The second-order valence-corrected chi connectivity index (χ2v) is 7.58. The lowest BCUT2D eigenvalue weighted by atomic mass is 10.0. The van der Waals surface area contributed by atoms with Crippen molar-refractivity contribution in [2.75, 3.05) is 24.9 Å². The molecule has 0 aliphatic carbocycles. The molecular weight excluding hydrogens is 344 g/mol. The topological polar surface area (TPSA) is 58.6 Å². The molecule has 0 amide bonds. The SMILES string of the molecule is COc1ccc(Br)c(NS(=O)(=O)N2CCCC(C)C2)c1. The van der Waals surface area contributed by atoms with Gasteiger partial charge in [-0.25, -0.2) is 0 Å². The molecule has 5 nitrogen and oxygen atoms in total. The van der Waals surface area contributed by atoms with Crippen molar-refractivity contribution in [3.63, 3.8) is 0 Å². The Labute approximate surface area is 128 Å². The number of nitrogens with one attached hydrogen (secondary N) is 1. The molecule has 0 spiro atoms. The third-order valence-electron chi connectivity index (χ3n) is 3.37. The summed E-state index contributed by atoms with van der Waals surface area (Å²) in [6.07, 6.45) is 1.98. The molecule has 2 rings (SSSR count). The monoisotopic (exact) mass is 362 g/mol. The Morgan fingerprint density at radius 1 is 1.45 bits per heavy atom. The van der Waals surface area contributed by atoms with Crippen molar-refractivity contribution >= 4 is 31.8 Å². The summed E-state index contributed by atoms with van der Waals surface area (Å²) in [4.78, 5) is 0. The zero-order valence-electron chi connectivity index (χ0n) is 11.6. The van der Waals surface area contributed by atoms with Crippen LogP contribution < -0.4 is 9.46 Å². The van der Waals surface area contributed by atoms with Crippen LogP contribution in [0.3, 0.4) is 0 Å². The Bertz CT molecular complexity index is 577. The number of ether oxygens (including phenoxy) is 1. The lowest BCUT2D eigenvalue weighted by Crippen LogP contribution is -2.42. The zero-order chi connectivity index (χ0) is 14.8. The Kier molecular flexibility index (Phi) is 4.93. The highest BCUT2D eigenvalue weighted by molar-refractivity contribution is 9.10. The van der Waals surface area contributed by atoms with Gasteiger partial charge in [0.15, 0.2) is 0 Å². The summed E-state index contributed by atoms with van der Waals surface area (Å²) in [6, 6.07) is 5.19. The fraction of sp³-hybridized carbons (Fsp3) is 0.538. The number of hydrogen-bond donors (Lipinski definition) is 1. The molecule has 1 heterocycles. The number of benzene rings is 1. The van der Waals surface area contributed by atoms with E-state index in [-0.39, 0.29) is 0 Å². The standard InChI is InChI=1S/C13H19BrN2O3S/c1-10-4-3-7-16(9-10)20(17,18)15-13-8-11(19-2)5-6-12(13)14/h5-6,8,10,15H,3-4,7,9H2,1-2H3. The van der Waals surface area contributed by atoms with Crippen molar-refractivity contribution in [2.24, 2.45) is 5.92 Å². The molecule has 112 valence electrons. The lowest BCUT2D eigenvalue weighted by Gasteiger charge is -2.30. The van der Waals surface area contributed by atoms with Crippen LogP contribution in [0.1, 0.15) is 19.8 Å². The minimum absolute atomic E-state index is 0.397. The average molecular weight is 363 g/mol. The van der Waals surface area contributed by atoms with Gasteiger partial charge in [-0.3, -0.25) is 4.72 Å². The summed E-state index contributed by atoms with van der Waals surface area (Å²) in [5.41, 5.74) is 0.488. The maximum absolute atomic E-state index is 12.4. The van der Waals surface area contributed by atoms with E-state index in [0.717, 1.165) is 12.8 Å². The van der Waals surface area contributed by atoms with Gasteiger partial charge < -0.3 is 4.74 Å². The Balaban J connectivity index is 2.19. The Morgan fingerprint density at radius 2 is 2.20 bits per heavy atom. The summed E-state index contributed by atoms with van der Waals surface area (Å²) in [6.45, 7) is 3.21. The molecule has 1 aromatic carbocycles. The van der Waals surface area contributed by atoms with Crippen molar-refractivity contribution in [2.45, 2.75) is 19.8 Å². The second kappa shape index (κ2) is 6.32. The van der Waals surface area contributed by atoms with E-state index in [1.54, 1.807) is 25.3 Å². The van der Waals surface area contributed by atoms with Crippen LogP contribution in [0.4, 0.5) is 5.69 Å². The van der Waals surface area contributed by atoms with Gasteiger partial charge in [-0.1, -0.05) is 6.92 Å². The molecule has 1 aliphatic heterocycles. The molecule has 1 N–H and O–H groups in total. The molecule has 1 unspecified atom stereocenters. The van der Waals surface area contributed by atoms with Crippen molar-refractivity contribution in [1.29, 1.82) is 0 Å². The highest BCUT2D eigenvalue weighted by Crippen LogP contribution is 2.29. The molecule has 0 aromatic heterocycles. The van der Waals surface area contributed by atoms with Gasteiger partial charge >= 0.3 is 10.2 Å². The number of piperidine rings is 1. The summed E-state index contributed by atoms with van der Waals surface area (Å²) in [5, 5.41) is 0. The second-order valence-electron chi connectivity index (χ2n) is 5.06. The molecule has 7 heteroatoms.